The van der Waals surface area contributed by atoms with Gasteiger partial charge >= 0.3 is 12.1 Å². The number of benzene rings is 1. The Morgan fingerprint density at radius 1 is 1.43 bits per heavy atom. The lowest BCUT2D eigenvalue weighted by molar-refractivity contribution is -0.168. The molecule has 124 valence electrons. The van der Waals surface area contributed by atoms with E-state index in [1.165, 1.54) is 7.11 Å². The van der Waals surface area contributed by atoms with Crippen molar-refractivity contribution in [3.05, 3.63) is 35.4 Å². The Morgan fingerprint density at radius 3 is 2.96 bits per heavy atom. The maximum atomic E-state index is 14.3. The molecule has 2 aliphatic rings. The molecule has 0 aromatic heterocycles. The van der Waals surface area contributed by atoms with Gasteiger partial charge in [0.05, 0.1) is 20.3 Å². The minimum atomic E-state index is -1.29. The summed E-state index contributed by atoms with van der Waals surface area (Å²) in [7, 11) is 1.24. The number of hydrogen-bond donors (Lipinski definition) is 1. The summed E-state index contributed by atoms with van der Waals surface area (Å²) in [6, 6.07) is 3.01. The largest absolute Gasteiger partial charge is 0.467 e. The van der Waals surface area contributed by atoms with Crippen molar-refractivity contribution >= 4 is 12.1 Å². The van der Waals surface area contributed by atoms with Gasteiger partial charge in [0, 0.05) is 11.5 Å². The first-order valence-corrected chi connectivity index (χ1v) is 7.06. The van der Waals surface area contributed by atoms with Gasteiger partial charge in [-0.3, -0.25) is 0 Å². The molecule has 1 aromatic rings. The average Bonchev–Trinajstić information content (AvgIpc) is 2.55. The number of ether oxygens (including phenoxy) is 3. The molecule has 0 bridgehead atoms. The second-order valence-corrected chi connectivity index (χ2v) is 5.57. The summed E-state index contributed by atoms with van der Waals surface area (Å²) in [5.41, 5.74) is -1.31. The van der Waals surface area contributed by atoms with E-state index in [2.05, 4.69) is 10.1 Å². The topological polar surface area (TPSA) is 73.9 Å². The number of rotatable bonds is 2. The predicted octanol–water partition coefficient (Wildman–Crippen LogP) is 1.48. The van der Waals surface area contributed by atoms with Crippen molar-refractivity contribution in [1.82, 2.24) is 5.32 Å². The Morgan fingerprint density at radius 2 is 2.22 bits per heavy atom. The highest BCUT2D eigenvalue weighted by atomic mass is 19.1. The van der Waals surface area contributed by atoms with Gasteiger partial charge < -0.3 is 19.5 Å². The van der Waals surface area contributed by atoms with Gasteiger partial charge in [-0.2, -0.15) is 0 Å². The number of esters is 1. The van der Waals surface area contributed by atoms with E-state index in [-0.39, 0.29) is 25.2 Å². The molecule has 23 heavy (non-hydrogen) atoms. The monoisotopic (exact) mass is 327 g/mol. The SMILES string of the molecule is COC(=O)[C@H]1C[C@H]2COC(=O)N[C@@]2(c2cc(F)ccc2F)CO1. The van der Waals surface area contributed by atoms with Crippen LogP contribution in [0.3, 0.4) is 0 Å². The van der Waals surface area contributed by atoms with E-state index in [4.69, 9.17) is 9.47 Å². The van der Waals surface area contributed by atoms with Crippen LogP contribution < -0.4 is 5.32 Å². The van der Waals surface area contributed by atoms with Crippen LogP contribution in [-0.4, -0.2) is 38.5 Å². The minimum Gasteiger partial charge on any atom is -0.467 e. The molecule has 2 fully saturated rings. The maximum absolute atomic E-state index is 14.3. The maximum Gasteiger partial charge on any atom is 0.407 e. The molecular weight excluding hydrogens is 312 g/mol. The molecule has 1 amide bonds. The number of methoxy groups -OCH3 is 1. The molecule has 3 atom stereocenters. The van der Waals surface area contributed by atoms with E-state index < -0.39 is 41.3 Å². The van der Waals surface area contributed by atoms with E-state index in [1.807, 2.05) is 0 Å². The highest BCUT2D eigenvalue weighted by Crippen LogP contribution is 2.41. The molecule has 1 aromatic carbocycles. The van der Waals surface area contributed by atoms with Gasteiger partial charge in [0.15, 0.2) is 6.10 Å². The van der Waals surface area contributed by atoms with E-state index in [1.54, 1.807) is 0 Å². The van der Waals surface area contributed by atoms with Gasteiger partial charge in [0.2, 0.25) is 0 Å². The van der Waals surface area contributed by atoms with Gasteiger partial charge in [-0.25, -0.2) is 18.4 Å². The predicted molar refractivity (Wildman–Crippen MR) is 72.4 cm³/mol. The molecule has 0 saturated carbocycles. The van der Waals surface area contributed by atoms with Crippen LogP contribution in [-0.2, 0) is 24.5 Å². The fraction of sp³-hybridized carbons (Fsp3) is 0.467. The van der Waals surface area contributed by atoms with Gasteiger partial charge in [-0.1, -0.05) is 0 Å². The van der Waals surface area contributed by atoms with Crippen LogP contribution in [0.1, 0.15) is 12.0 Å². The fourth-order valence-electron chi connectivity index (χ4n) is 3.12. The van der Waals surface area contributed by atoms with Gasteiger partial charge in [0.25, 0.3) is 0 Å². The second-order valence-electron chi connectivity index (χ2n) is 5.57. The number of hydrogen-bond acceptors (Lipinski definition) is 5. The molecule has 0 radical (unpaired) electrons. The molecule has 2 saturated heterocycles. The number of halogens is 2. The van der Waals surface area contributed by atoms with Crippen molar-refractivity contribution < 1.29 is 32.6 Å². The lowest BCUT2D eigenvalue weighted by atomic mass is 9.73. The van der Waals surface area contributed by atoms with Crippen LogP contribution in [0.4, 0.5) is 13.6 Å². The van der Waals surface area contributed by atoms with Crippen molar-refractivity contribution in [3.63, 3.8) is 0 Å². The molecule has 1 N–H and O–H groups in total. The van der Waals surface area contributed by atoms with Crippen LogP contribution in [0.15, 0.2) is 18.2 Å². The lowest BCUT2D eigenvalue weighted by Gasteiger charge is -2.48. The molecule has 2 heterocycles. The third kappa shape index (κ3) is 2.63. The number of nitrogens with one attached hydrogen (secondary N) is 1. The summed E-state index contributed by atoms with van der Waals surface area (Å²) in [6.45, 7) is -0.217. The van der Waals surface area contributed by atoms with Crippen molar-refractivity contribution in [3.8, 4) is 0 Å². The van der Waals surface area contributed by atoms with Crippen molar-refractivity contribution in [2.24, 2.45) is 5.92 Å². The van der Waals surface area contributed by atoms with Crippen LogP contribution in [0.5, 0.6) is 0 Å². The zero-order chi connectivity index (χ0) is 16.6. The Balaban J connectivity index is 2.00. The highest BCUT2D eigenvalue weighted by Gasteiger charge is 2.53. The summed E-state index contributed by atoms with van der Waals surface area (Å²) in [5, 5.41) is 2.55. The Kier molecular flexibility index (Phi) is 3.93. The summed E-state index contributed by atoms with van der Waals surface area (Å²) in [5.74, 6) is -2.33. The Bertz CT molecular complexity index is 653. The number of cyclic esters (lactones) is 1. The molecule has 8 heteroatoms. The first-order chi connectivity index (χ1) is 11.0. The zero-order valence-electron chi connectivity index (χ0n) is 12.3. The van der Waals surface area contributed by atoms with Crippen LogP contribution in [0.25, 0.3) is 0 Å². The van der Waals surface area contributed by atoms with E-state index in [0.29, 0.717) is 0 Å². The summed E-state index contributed by atoms with van der Waals surface area (Å²) < 4.78 is 42.9. The van der Waals surface area contributed by atoms with E-state index in [9.17, 15) is 18.4 Å². The number of alkyl carbamates (subject to hydrolysis) is 1. The van der Waals surface area contributed by atoms with Crippen molar-refractivity contribution in [2.45, 2.75) is 18.1 Å². The third-order valence-electron chi connectivity index (χ3n) is 4.32. The fourth-order valence-corrected chi connectivity index (χ4v) is 3.12. The van der Waals surface area contributed by atoms with Crippen LogP contribution >= 0.6 is 0 Å². The number of carbonyl (C=O) groups excluding carboxylic acids is 2. The number of carbonyl (C=O) groups is 2. The quantitative estimate of drug-likeness (QED) is 0.833. The van der Waals surface area contributed by atoms with E-state index >= 15 is 0 Å². The summed E-state index contributed by atoms with van der Waals surface area (Å²) in [4.78, 5) is 23.3. The molecule has 2 aliphatic heterocycles. The van der Waals surface area contributed by atoms with Crippen LogP contribution in [0.2, 0.25) is 0 Å². The van der Waals surface area contributed by atoms with Crippen molar-refractivity contribution in [1.29, 1.82) is 0 Å². The van der Waals surface area contributed by atoms with Gasteiger partial charge in [-0.05, 0) is 24.6 Å². The minimum absolute atomic E-state index is 0.0255. The van der Waals surface area contributed by atoms with Gasteiger partial charge in [0.1, 0.15) is 17.2 Å². The molecule has 0 aliphatic carbocycles. The molecule has 6 nitrogen and oxygen atoms in total. The molecule has 0 spiro atoms. The molecule has 0 unspecified atom stereocenters. The average molecular weight is 327 g/mol. The highest BCUT2D eigenvalue weighted by molar-refractivity contribution is 5.75. The zero-order valence-corrected chi connectivity index (χ0v) is 12.3. The second kappa shape index (κ2) is 5.77. The first-order valence-electron chi connectivity index (χ1n) is 7.06. The smallest absolute Gasteiger partial charge is 0.407 e. The molecular formula is C15H15F2NO5. The van der Waals surface area contributed by atoms with Crippen LogP contribution in [0, 0.1) is 17.6 Å². The Hall–Kier alpha value is -2.22. The number of fused-ring (bicyclic) bond motifs is 1. The lowest BCUT2D eigenvalue weighted by Crippen LogP contribution is -2.63. The normalized spacial score (nSPS) is 30.0. The third-order valence-corrected chi connectivity index (χ3v) is 4.32. The summed E-state index contributed by atoms with van der Waals surface area (Å²) >= 11 is 0. The summed E-state index contributed by atoms with van der Waals surface area (Å²) in [6.07, 6.45) is -1.43. The molecule has 3 rings (SSSR count). The van der Waals surface area contributed by atoms with Crippen molar-refractivity contribution in [2.75, 3.05) is 20.3 Å². The van der Waals surface area contributed by atoms with Gasteiger partial charge in [-0.15, -0.1) is 0 Å². The number of amides is 1. The standard InChI is InChI=1S/C15H15F2NO5/c1-21-13(19)12-4-8-6-22-14(20)18-15(8,7-23-12)10-5-9(16)2-3-11(10)17/h2-3,5,8,12H,4,6-7H2,1H3,(H,18,20)/t8-,12+,15-/m0/s1. The van der Waals surface area contributed by atoms with E-state index in [0.717, 1.165) is 18.2 Å². The first kappa shape index (κ1) is 15.7. The Labute approximate surface area is 130 Å².